The van der Waals surface area contributed by atoms with Crippen LogP contribution in [0.4, 0.5) is 0 Å². The maximum absolute atomic E-state index is 12.7. The minimum Gasteiger partial charge on any atom is -0.496 e. The standard InChI is InChI=1S/C19H18O4/c1-22-17-11-15-13(8-9-14(15)19(21)23-2)10-16(17)18(20)12-6-4-3-5-7-12/h3-7,10-11,14H,8-9H2,1-2H3. The Hall–Kier alpha value is -2.62. The minimum atomic E-state index is -0.273. The van der Waals surface area contributed by atoms with Gasteiger partial charge in [0.1, 0.15) is 5.75 Å². The molecule has 0 saturated heterocycles. The number of hydrogen-bond donors (Lipinski definition) is 0. The molecule has 2 aromatic rings. The van der Waals surface area contributed by atoms with Crippen LogP contribution in [0.2, 0.25) is 0 Å². The number of benzene rings is 2. The Labute approximate surface area is 135 Å². The van der Waals surface area contributed by atoms with E-state index in [0.29, 0.717) is 23.3 Å². The van der Waals surface area contributed by atoms with Crippen LogP contribution in [0.1, 0.15) is 39.4 Å². The highest BCUT2D eigenvalue weighted by Gasteiger charge is 2.31. The molecular weight excluding hydrogens is 292 g/mol. The van der Waals surface area contributed by atoms with Gasteiger partial charge in [0.2, 0.25) is 0 Å². The number of carbonyl (C=O) groups is 2. The van der Waals surface area contributed by atoms with Crippen LogP contribution < -0.4 is 4.74 Å². The molecule has 4 nitrogen and oxygen atoms in total. The van der Waals surface area contributed by atoms with Crippen molar-refractivity contribution in [3.05, 3.63) is 64.7 Å². The van der Waals surface area contributed by atoms with E-state index in [1.54, 1.807) is 18.2 Å². The second kappa shape index (κ2) is 6.24. The molecule has 1 aliphatic rings. The molecule has 0 N–H and O–H groups in total. The number of fused-ring (bicyclic) bond motifs is 1. The summed E-state index contributed by atoms with van der Waals surface area (Å²) in [5.74, 6) is -0.0992. The van der Waals surface area contributed by atoms with Crippen molar-refractivity contribution in [2.45, 2.75) is 18.8 Å². The molecule has 0 saturated carbocycles. The lowest BCUT2D eigenvalue weighted by Crippen LogP contribution is -2.12. The zero-order valence-electron chi connectivity index (χ0n) is 13.2. The molecule has 0 spiro atoms. The van der Waals surface area contributed by atoms with E-state index >= 15 is 0 Å². The summed E-state index contributed by atoms with van der Waals surface area (Å²) in [6, 6.07) is 12.8. The number of esters is 1. The molecule has 0 radical (unpaired) electrons. The van der Waals surface area contributed by atoms with Gasteiger partial charge in [-0.05, 0) is 36.1 Å². The highest BCUT2D eigenvalue weighted by molar-refractivity contribution is 6.11. The maximum Gasteiger partial charge on any atom is 0.313 e. The molecule has 3 rings (SSSR count). The summed E-state index contributed by atoms with van der Waals surface area (Å²) in [7, 11) is 2.93. The molecule has 0 aromatic heterocycles. The number of hydrogen-bond acceptors (Lipinski definition) is 4. The van der Waals surface area contributed by atoms with Gasteiger partial charge in [-0.15, -0.1) is 0 Å². The van der Waals surface area contributed by atoms with E-state index in [-0.39, 0.29) is 17.7 Å². The average molecular weight is 310 g/mol. The van der Waals surface area contributed by atoms with Crippen LogP contribution in [0, 0.1) is 0 Å². The molecule has 1 unspecified atom stereocenters. The first-order valence-electron chi connectivity index (χ1n) is 7.54. The smallest absolute Gasteiger partial charge is 0.313 e. The lowest BCUT2D eigenvalue weighted by Gasteiger charge is -2.13. The highest BCUT2D eigenvalue weighted by atomic mass is 16.5. The minimum absolute atomic E-state index is 0.0771. The van der Waals surface area contributed by atoms with Gasteiger partial charge < -0.3 is 9.47 Å². The molecule has 118 valence electrons. The van der Waals surface area contributed by atoms with Crippen LogP contribution in [0.3, 0.4) is 0 Å². The highest BCUT2D eigenvalue weighted by Crippen LogP contribution is 2.38. The summed E-state index contributed by atoms with van der Waals surface area (Å²) in [4.78, 5) is 24.6. The normalized spacial score (nSPS) is 15.8. The number of methoxy groups -OCH3 is 2. The average Bonchev–Trinajstić information content (AvgIpc) is 3.02. The van der Waals surface area contributed by atoms with Crippen LogP contribution in [0.5, 0.6) is 5.75 Å². The van der Waals surface area contributed by atoms with Crippen molar-refractivity contribution in [1.29, 1.82) is 0 Å². The lowest BCUT2D eigenvalue weighted by molar-refractivity contribution is -0.142. The van der Waals surface area contributed by atoms with E-state index < -0.39 is 0 Å². The van der Waals surface area contributed by atoms with Crippen molar-refractivity contribution < 1.29 is 19.1 Å². The van der Waals surface area contributed by atoms with Crippen molar-refractivity contribution in [3.63, 3.8) is 0 Å². The topological polar surface area (TPSA) is 52.6 Å². The third-order valence-corrected chi connectivity index (χ3v) is 4.31. The van der Waals surface area contributed by atoms with Gasteiger partial charge in [0, 0.05) is 5.56 Å². The van der Waals surface area contributed by atoms with Gasteiger partial charge in [-0.2, -0.15) is 0 Å². The third kappa shape index (κ3) is 2.72. The molecule has 0 heterocycles. The number of carbonyl (C=O) groups excluding carboxylic acids is 2. The summed E-state index contributed by atoms with van der Waals surface area (Å²) < 4.78 is 10.3. The van der Waals surface area contributed by atoms with Crippen molar-refractivity contribution >= 4 is 11.8 Å². The van der Waals surface area contributed by atoms with Gasteiger partial charge in [-0.1, -0.05) is 30.3 Å². The number of rotatable bonds is 4. The van der Waals surface area contributed by atoms with Crippen LogP contribution in [-0.2, 0) is 16.0 Å². The number of aryl methyl sites for hydroxylation is 1. The summed E-state index contributed by atoms with van der Waals surface area (Å²) >= 11 is 0. The Kier molecular flexibility index (Phi) is 4.15. The number of ketones is 1. The molecule has 2 aromatic carbocycles. The summed E-state index contributed by atoms with van der Waals surface area (Å²) in [6.45, 7) is 0. The predicted molar refractivity (Wildman–Crippen MR) is 85.9 cm³/mol. The van der Waals surface area contributed by atoms with Crippen molar-refractivity contribution in [1.82, 2.24) is 0 Å². The van der Waals surface area contributed by atoms with E-state index in [2.05, 4.69) is 0 Å². The van der Waals surface area contributed by atoms with Crippen LogP contribution >= 0.6 is 0 Å². The molecular formula is C19H18O4. The predicted octanol–water partition coefficient (Wildman–Crippen LogP) is 3.13. The monoisotopic (exact) mass is 310 g/mol. The molecule has 0 fully saturated rings. The van der Waals surface area contributed by atoms with Crippen molar-refractivity contribution in [2.24, 2.45) is 0 Å². The Morgan fingerprint density at radius 3 is 2.48 bits per heavy atom. The summed E-state index contributed by atoms with van der Waals surface area (Å²) in [5, 5.41) is 0. The Bertz CT molecular complexity index is 749. The molecule has 1 aliphatic carbocycles. The lowest BCUT2D eigenvalue weighted by atomic mass is 9.95. The van der Waals surface area contributed by atoms with Gasteiger partial charge >= 0.3 is 5.97 Å². The molecule has 0 amide bonds. The van der Waals surface area contributed by atoms with Crippen molar-refractivity contribution in [3.8, 4) is 5.75 Å². The fourth-order valence-corrected chi connectivity index (χ4v) is 3.12. The molecule has 1 atom stereocenters. The summed E-state index contributed by atoms with van der Waals surface area (Å²) in [5.41, 5.74) is 3.06. The van der Waals surface area contributed by atoms with Gasteiger partial charge in [-0.3, -0.25) is 9.59 Å². The fraction of sp³-hybridized carbons (Fsp3) is 0.263. The summed E-state index contributed by atoms with van der Waals surface area (Å²) in [6.07, 6.45) is 1.46. The van der Waals surface area contributed by atoms with Crippen molar-refractivity contribution in [2.75, 3.05) is 14.2 Å². The zero-order valence-corrected chi connectivity index (χ0v) is 13.2. The van der Waals surface area contributed by atoms with Gasteiger partial charge in [0.05, 0.1) is 25.7 Å². The first-order valence-corrected chi connectivity index (χ1v) is 7.54. The number of ether oxygens (including phenoxy) is 2. The Morgan fingerprint density at radius 1 is 1.09 bits per heavy atom. The van der Waals surface area contributed by atoms with Crippen LogP contribution in [-0.4, -0.2) is 26.0 Å². The second-order valence-corrected chi connectivity index (χ2v) is 5.56. The van der Waals surface area contributed by atoms with Gasteiger partial charge in [-0.25, -0.2) is 0 Å². The van der Waals surface area contributed by atoms with Gasteiger partial charge in [0.25, 0.3) is 0 Å². The molecule has 4 heteroatoms. The quantitative estimate of drug-likeness (QED) is 0.643. The third-order valence-electron chi connectivity index (χ3n) is 4.31. The first-order chi connectivity index (χ1) is 11.2. The van der Waals surface area contributed by atoms with Crippen LogP contribution in [0.25, 0.3) is 0 Å². The fourth-order valence-electron chi connectivity index (χ4n) is 3.12. The van der Waals surface area contributed by atoms with Crippen LogP contribution in [0.15, 0.2) is 42.5 Å². The van der Waals surface area contributed by atoms with E-state index in [1.807, 2.05) is 24.3 Å². The van der Waals surface area contributed by atoms with E-state index in [9.17, 15) is 9.59 Å². The zero-order chi connectivity index (χ0) is 16.4. The van der Waals surface area contributed by atoms with E-state index in [1.165, 1.54) is 14.2 Å². The van der Waals surface area contributed by atoms with Gasteiger partial charge in [0.15, 0.2) is 5.78 Å². The van der Waals surface area contributed by atoms with E-state index in [0.717, 1.165) is 17.5 Å². The first kappa shape index (κ1) is 15.3. The molecule has 23 heavy (non-hydrogen) atoms. The van der Waals surface area contributed by atoms with E-state index in [4.69, 9.17) is 9.47 Å². The Morgan fingerprint density at radius 2 is 1.83 bits per heavy atom. The molecule has 0 bridgehead atoms. The largest absolute Gasteiger partial charge is 0.496 e. The Balaban J connectivity index is 2.04. The SMILES string of the molecule is COC(=O)C1CCc2cc(C(=O)c3ccccc3)c(OC)cc21. The molecule has 0 aliphatic heterocycles. The maximum atomic E-state index is 12.7. The second-order valence-electron chi connectivity index (χ2n) is 5.56.